The van der Waals surface area contributed by atoms with Crippen molar-refractivity contribution in [2.24, 2.45) is 10.9 Å². The minimum atomic E-state index is 0. The minimum Gasteiger partial charge on any atom is -0.497 e. The number of guanidine groups is 1. The molecule has 0 spiro atoms. The standard InChI is InChI=1S/C19H33N3O2.HI/c1-6-20-19(21-8-7-9-24-14-15(2)3)22-13-17-10-16(4)11-18(12-17)23-5;/h10-12,15H,6-9,13-14H2,1-5H3,(H2,20,21,22);1H. The van der Waals surface area contributed by atoms with Crippen molar-refractivity contribution in [3.63, 3.8) is 0 Å². The minimum absolute atomic E-state index is 0. The summed E-state index contributed by atoms with van der Waals surface area (Å²) in [5, 5.41) is 6.62. The van der Waals surface area contributed by atoms with E-state index in [-0.39, 0.29) is 24.0 Å². The molecular weight excluding hydrogens is 429 g/mol. The average Bonchev–Trinajstić information content (AvgIpc) is 2.54. The molecule has 0 unspecified atom stereocenters. The van der Waals surface area contributed by atoms with Crippen LogP contribution in [0.15, 0.2) is 23.2 Å². The second-order valence-corrected chi connectivity index (χ2v) is 6.30. The topological polar surface area (TPSA) is 54.9 Å². The summed E-state index contributed by atoms with van der Waals surface area (Å²) in [5.74, 6) is 2.30. The number of aliphatic imine (C=N–C) groups is 1. The lowest BCUT2D eigenvalue weighted by molar-refractivity contribution is 0.108. The van der Waals surface area contributed by atoms with Crippen LogP contribution in [0, 0.1) is 12.8 Å². The van der Waals surface area contributed by atoms with Crippen LogP contribution >= 0.6 is 24.0 Å². The highest BCUT2D eigenvalue weighted by Gasteiger charge is 2.01. The van der Waals surface area contributed by atoms with E-state index in [9.17, 15) is 0 Å². The zero-order valence-electron chi connectivity index (χ0n) is 16.2. The zero-order valence-corrected chi connectivity index (χ0v) is 18.6. The Morgan fingerprint density at radius 1 is 1.20 bits per heavy atom. The summed E-state index contributed by atoms with van der Waals surface area (Å²) in [6.07, 6.45) is 0.968. The number of hydrogen-bond acceptors (Lipinski definition) is 3. The number of rotatable bonds is 10. The third kappa shape index (κ3) is 11.3. The third-order valence-electron chi connectivity index (χ3n) is 3.32. The summed E-state index contributed by atoms with van der Waals surface area (Å²) in [6.45, 7) is 12.4. The molecule has 0 saturated heterocycles. The summed E-state index contributed by atoms with van der Waals surface area (Å²) >= 11 is 0. The van der Waals surface area contributed by atoms with Gasteiger partial charge in [0, 0.05) is 26.3 Å². The zero-order chi connectivity index (χ0) is 17.8. The lowest BCUT2D eigenvalue weighted by Crippen LogP contribution is -2.38. The predicted octanol–water partition coefficient (Wildman–Crippen LogP) is 3.74. The molecule has 0 aliphatic heterocycles. The van der Waals surface area contributed by atoms with Gasteiger partial charge >= 0.3 is 0 Å². The summed E-state index contributed by atoms with van der Waals surface area (Å²) < 4.78 is 10.9. The van der Waals surface area contributed by atoms with Crippen molar-refractivity contribution in [1.82, 2.24) is 10.6 Å². The van der Waals surface area contributed by atoms with Crippen LogP contribution in [0.2, 0.25) is 0 Å². The molecule has 0 bridgehead atoms. The van der Waals surface area contributed by atoms with Crippen LogP contribution in [0.4, 0.5) is 0 Å². The van der Waals surface area contributed by atoms with Gasteiger partial charge in [0.15, 0.2) is 5.96 Å². The Morgan fingerprint density at radius 3 is 2.60 bits per heavy atom. The van der Waals surface area contributed by atoms with E-state index < -0.39 is 0 Å². The third-order valence-corrected chi connectivity index (χ3v) is 3.32. The van der Waals surface area contributed by atoms with E-state index in [0.717, 1.165) is 50.0 Å². The van der Waals surface area contributed by atoms with E-state index in [1.165, 1.54) is 5.56 Å². The van der Waals surface area contributed by atoms with Crippen molar-refractivity contribution in [1.29, 1.82) is 0 Å². The number of nitrogens with zero attached hydrogens (tertiary/aromatic N) is 1. The molecule has 0 atom stereocenters. The second kappa shape index (κ2) is 14.2. The fourth-order valence-electron chi connectivity index (χ4n) is 2.25. The highest BCUT2D eigenvalue weighted by molar-refractivity contribution is 14.0. The second-order valence-electron chi connectivity index (χ2n) is 6.30. The molecule has 0 heterocycles. The molecule has 1 rings (SSSR count). The number of ether oxygens (including phenoxy) is 2. The first kappa shape index (κ1) is 24.0. The lowest BCUT2D eigenvalue weighted by atomic mass is 10.1. The SMILES string of the molecule is CCNC(=NCc1cc(C)cc(OC)c1)NCCCOCC(C)C.I. The molecule has 0 aromatic heterocycles. The van der Waals surface area contributed by atoms with Crippen LogP contribution in [0.25, 0.3) is 0 Å². The maximum absolute atomic E-state index is 5.59. The van der Waals surface area contributed by atoms with Crippen molar-refractivity contribution >= 4 is 29.9 Å². The quantitative estimate of drug-likeness (QED) is 0.240. The van der Waals surface area contributed by atoms with Crippen molar-refractivity contribution in [2.75, 3.05) is 33.4 Å². The Labute approximate surface area is 170 Å². The highest BCUT2D eigenvalue weighted by atomic mass is 127. The van der Waals surface area contributed by atoms with Crippen molar-refractivity contribution in [3.8, 4) is 5.75 Å². The number of halogens is 1. The van der Waals surface area contributed by atoms with Crippen LogP contribution in [0.5, 0.6) is 5.75 Å². The van der Waals surface area contributed by atoms with Gasteiger partial charge in [0.25, 0.3) is 0 Å². The maximum Gasteiger partial charge on any atom is 0.191 e. The Morgan fingerprint density at radius 2 is 1.96 bits per heavy atom. The average molecular weight is 463 g/mol. The smallest absolute Gasteiger partial charge is 0.191 e. The molecule has 1 aromatic carbocycles. The molecule has 144 valence electrons. The van der Waals surface area contributed by atoms with Crippen molar-refractivity contribution in [3.05, 3.63) is 29.3 Å². The Bertz CT molecular complexity index is 507. The number of methoxy groups -OCH3 is 1. The van der Waals surface area contributed by atoms with Gasteiger partial charge < -0.3 is 20.1 Å². The first-order valence-corrected chi connectivity index (χ1v) is 8.79. The van der Waals surface area contributed by atoms with Crippen LogP contribution in [-0.2, 0) is 11.3 Å². The number of hydrogen-bond donors (Lipinski definition) is 2. The van der Waals surface area contributed by atoms with Gasteiger partial charge in [-0.05, 0) is 49.4 Å². The van der Waals surface area contributed by atoms with E-state index in [1.54, 1.807) is 7.11 Å². The van der Waals surface area contributed by atoms with E-state index >= 15 is 0 Å². The molecule has 0 aliphatic rings. The Balaban J connectivity index is 0.00000576. The Kier molecular flexibility index (Phi) is 13.6. The van der Waals surface area contributed by atoms with Gasteiger partial charge in [0.1, 0.15) is 5.75 Å². The first-order valence-electron chi connectivity index (χ1n) is 8.79. The van der Waals surface area contributed by atoms with Crippen molar-refractivity contribution < 1.29 is 9.47 Å². The van der Waals surface area contributed by atoms with Gasteiger partial charge in [-0.3, -0.25) is 0 Å². The van der Waals surface area contributed by atoms with Crippen LogP contribution in [0.1, 0.15) is 38.3 Å². The van der Waals surface area contributed by atoms with E-state index in [4.69, 9.17) is 9.47 Å². The highest BCUT2D eigenvalue weighted by Crippen LogP contribution is 2.16. The van der Waals surface area contributed by atoms with Gasteiger partial charge in [-0.1, -0.05) is 19.9 Å². The van der Waals surface area contributed by atoms with Gasteiger partial charge in [-0.15, -0.1) is 24.0 Å². The van der Waals surface area contributed by atoms with Gasteiger partial charge in [0.2, 0.25) is 0 Å². The Hall–Kier alpha value is -1.02. The maximum atomic E-state index is 5.59. The molecule has 0 radical (unpaired) electrons. The van der Waals surface area contributed by atoms with Gasteiger partial charge in [0.05, 0.1) is 13.7 Å². The van der Waals surface area contributed by atoms with Crippen LogP contribution < -0.4 is 15.4 Å². The molecule has 0 amide bonds. The number of benzene rings is 1. The molecule has 1 aromatic rings. The summed E-state index contributed by atoms with van der Waals surface area (Å²) in [7, 11) is 1.69. The number of nitrogens with one attached hydrogen (secondary N) is 2. The fourth-order valence-corrected chi connectivity index (χ4v) is 2.25. The molecule has 0 fully saturated rings. The van der Waals surface area contributed by atoms with Crippen LogP contribution in [0.3, 0.4) is 0 Å². The summed E-state index contributed by atoms with van der Waals surface area (Å²) in [4.78, 5) is 4.64. The first-order chi connectivity index (χ1) is 11.5. The molecule has 25 heavy (non-hydrogen) atoms. The summed E-state index contributed by atoms with van der Waals surface area (Å²) in [5.41, 5.74) is 2.32. The van der Waals surface area contributed by atoms with Gasteiger partial charge in [-0.2, -0.15) is 0 Å². The van der Waals surface area contributed by atoms with E-state index in [1.807, 2.05) is 12.1 Å². The lowest BCUT2D eigenvalue weighted by Gasteiger charge is -2.12. The van der Waals surface area contributed by atoms with Gasteiger partial charge in [-0.25, -0.2) is 4.99 Å². The normalized spacial score (nSPS) is 11.2. The number of aryl methyl sites for hydroxylation is 1. The fraction of sp³-hybridized carbons (Fsp3) is 0.632. The molecule has 0 saturated carbocycles. The largest absolute Gasteiger partial charge is 0.497 e. The predicted molar refractivity (Wildman–Crippen MR) is 116 cm³/mol. The van der Waals surface area contributed by atoms with Crippen molar-refractivity contribution in [2.45, 2.75) is 40.7 Å². The molecule has 5 nitrogen and oxygen atoms in total. The van der Waals surface area contributed by atoms with Crippen LogP contribution in [-0.4, -0.2) is 39.4 Å². The van der Waals surface area contributed by atoms with E-state index in [2.05, 4.69) is 49.4 Å². The molecule has 0 aliphatic carbocycles. The van der Waals surface area contributed by atoms with E-state index in [0.29, 0.717) is 12.5 Å². The molecule has 6 heteroatoms. The monoisotopic (exact) mass is 463 g/mol. The molecule has 2 N–H and O–H groups in total. The molecular formula is C19H34IN3O2. The summed E-state index contributed by atoms with van der Waals surface area (Å²) in [6, 6.07) is 6.18.